The molecule has 5 rings (SSSR count). The third-order valence-corrected chi connectivity index (χ3v) is 6.41. The van der Waals surface area contributed by atoms with Crippen LogP contribution in [0.15, 0.2) is 41.1 Å². The number of hydrogen-bond donors (Lipinski definition) is 0. The van der Waals surface area contributed by atoms with Gasteiger partial charge in [0.05, 0.1) is 0 Å². The maximum absolute atomic E-state index is 2.32. The molecule has 3 aromatic rings. The minimum Gasteiger partial charge on any atom is -0.144 e. The minimum absolute atomic E-state index is 0.690. The molecule has 0 amide bonds. The third-order valence-electron chi connectivity index (χ3n) is 4.43. The van der Waals surface area contributed by atoms with Crippen molar-refractivity contribution < 1.29 is 0 Å². The Balaban J connectivity index is 1.89. The zero-order chi connectivity index (χ0) is 12.4. The molecule has 19 heavy (non-hydrogen) atoms. The Labute approximate surface area is 120 Å². The van der Waals surface area contributed by atoms with Gasteiger partial charge in [0.2, 0.25) is 0 Å². The summed E-state index contributed by atoms with van der Waals surface area (Å²) in [6.45, 7) is 0.690. The van der Waals surface area contributed by atoms with Crippen LogP contribution in [0.5, 0.6) is 0 Å². The topological polar surface area (TPSA) is 0 Å². The summed E-state index contributed by atoms with van der Waals surface area (Å²) < 4.78 is 0. The summed E-state index contributed by atoms with van der Waals surface area (Å²) in [5, 5.41) is 4.49. The summed E-state index contributed by atoms with van der Waals surface area (Å²) in [6, 6.07) is 11.5. The van der Waals surface area contributed by atoms with Gasteiger partial charge in [-0.25, -0.2) is 0 Å². The lowest BCUT2D eigenvalue weighted by Gasteiger charge is -2.30. The Morgan fingerprint density at radius 2 is 1.37 bits per heavy atom. The van der Waals surface area contributed by atoms with Gasteiger partial charge < -0.3 is 0 Å². The Hall–Kier alpha value is -1.32. The molecular weight excluding hydrogens is 267 g/mol. The minimum atomic E-state index is 0.690. The molecule has 0 aliphatic carbocycles. The van der Waals surface area contributed by atoms with Gasteiger partial charge in [0.15, 0.2) is 6.71 Å². The summed E-state index contributed by atoms with van der Waals surface area (Å²) in [5.41, 5.74) is 7.72. The number of rotatable bonds is 0. The van der Waals surface area contributed by atoms with Gasteiger partial charge in [-0.3, -0.25) is 0 Å². The van der Waals surface area contributed by atoms with Crippen LogP contribution in [0.2, 0.25) is 0 Å². The maximum atomic E-state index is 2.32. The van der Waals surface area contributed by atoms with Crippen molar-refractivity contribution in [2.75, 3.05) is 0 Å². The molecule has 3 heteroatoms. The number of thiophene rings is 2. The van der Waals surface area contributed by atoms with Gasteiger partial charge in [-0.05, 0) is 57.8 Å². The van der Waals surface area contributed by atoms with Crippen molar-refractivity contribution in [2.24, 2.45) is 0 Å². The first kappa shape index (κ1) is 10.5. The Morgan fingerprint density at radius 3 is 1.95 bits per heavy atom. The second kappa shape index (κ2) is 3.62. The molecule has 0 atom stereocenters. The molecule has 0 bridgehead atoms. The van der Waals surface area contributed by atoms with Crippen LogP contribution in [0.1, 0.15) is 11.1 Å². The fourth-order valence-corrected chi connectivity index (χ4v) is 5.63. The second-order valence-electron chi connectivity index (χ2n) is 5.42. The fourth-order valence-electron chi connectivity index (χ4n) is 3.67. The number of hydrogen-bond acceptors (Lipinski definition) is 2. The van der Waals surface area contributed by atoms with Gasteiger partial charge in [-0.2, -0.15) is 0 Å². The highest BCUT2D eigenvalue weighted by Crippen LogP contribution is 2.41. The Bertz CT molecular complexity index is 734. The molecule has 0 saturated heterocycles. The number of benzene rings is 1. The summed E-state index contributed by atoms with van der Waals surface area (Å²) in [4.78, 5) is 3.02. The summed E-state index contributed by atoms with van der Waals surface area (Å²) in [7, 11) is 0. The largest absolute Gasteiger partial charge is 0.186 e. The van der Waals surface area contributed by atoms with Crippen LogP contribution >= 0.6 is 22.7 Å². The zero-order valence-corrected chi connectivity index (χ0v) is 12.0. The lowest BCUT2D eigenvalue weighted by molar-refractivity contribution is 1.28. The van der Waals surface area contributed by atoms with Crippen LogP contribution in [0.4, 0.5) is 0 Å². The molecule has 90 valence electrons. The van der Waals surface area contributed by atoms with Gasteiger partial charge in [0, 0.05) is 9.75 Å². The average molecular weight is 278 g/mol. The van der Waals surface area contributed by atoms with E-state index in [4.69, 9.17) is 0 Å². The molecule has 4 heterocycles. The van der Waals surface area contributed by atoms with Gasteiger partial charge in [0.25, 0.3) is 0 Å². The van der Waals surface area contributed by atoms with Crippen molar-refractivity contribution in [1.82, 2.24) is 0 Å². The zero-order valence-electron chi connectivity index (χ0n) is 10.3. The van der Waals surface area contributed by atoms with Crippen molar-refractivity contribution in [3.63, 3.8) is 0 Å². The van der Waals surface area contributed by atoms with Gasteiger partial charge in [-0.15, -0.1) is 22.7 Å². The monoisotopic (exact) mass is 278 g/mol. The Morgan fingerprint density at radius 1 is 0.789 bits per heavy atom. The van der Waals surface area contributed by atoms with Gasteiger partial charge >= 0.3 is 0 Å². The lowest BCUT2D eigenvalue weighted by Crippen LogP contribution is -2.42. The maximum Gasteiger partial charge on any atom is 0.186 e. The van der Waals surface area contributed by atoms with Crippen molar-refractivity contribution in [3.05, 3.63) is 52.2 Å². The number of fused-ring (bicyclic) bond motifs is 4. The van der Waals surface area contributed by atoms with Crippen LogP contribution in [0.3, 0.4) is 0 Å². The van der Waals surface area contributed by atoms with E-state index in [0.717, 1.165) is 0 Å². The predicted octanol–water partition coefficient (Wildman–Crippen LogP) is 4.04. The molecular formula is C16H11BS2. The normalized spacial score (nSPS) is 14.8. The van der Waals surface area contributed by atoms with Crippen LogP contribution in [-0.2, 0) is 12.6 Å². The van der Waals surface area contributed by atoms with E-state index >= 15 is 0 Å². The van der Waals surface area contributed by atoms with E-state index in [9.17, 15) is 0 Å². The van der Waals surface area contributed by atoms with Crippen molar-refractivity contribution in [3.8, 4) is 20.9 Å². The van der Waals surface area contributed by atoms with Crippen molar-refractivity contribution in [2.45, 2.75) is 12.6 Å². The first-order valence-electron chi connectivity index (χ1n) is 6.68. The van der Waals surface area contributed by atoms with Gasteiger partial charge in [0.1, 0.15) is 0 Å². The molecule has 2 aromatic heterocycles. The van der Waals surface area contributed by atoms with E-state index in [1.807, 2.05) is 22.7 Å². The second-order valence-corrected chi connectivity index (χ2v) is 7.25. The highest BCUT2D eigenvalue weighted by molar-refractivity contribution is 7.15. The average Bonchev–Trinajstić information content (AvgIpc) is 3.07. The van der Waals surface area contributed by atoms with Crippen molar-refractivity contribution in [1.29, 1.82) is 0 Å². The summed E-state index contributed by atoms with van der Waals surface area (Å²) in [5.74, 6) is 0. The third kappa shape index (κ3) is 1.30. The predicted molar refractivity (Wildman–Crippen MR) is 85.9 cm³/mol. The standard InChI is InChI=1S/C16H11BS2/c1-2-12-14-13(3-1)16-11(5-7-19-16)9-17(14)8-10-4-6-18-15(10)12/h1-7H,8-9H2. The molecule has 2 aliphatic rings. The highest BCUT2D eigenvalue weighted by Gasteiger charge is 2.35. The molecule has 1 aromatic carbocycles. The van der Waals surface area contributed by atoms with E-state index in [1.54, 1.807) is 16.6 Å². The van der Waals surface area contributed by atoms with Crippen LogP contribution in [0.25, 0.3) is 20.9 Å². The van der Waals surface area contributed by atoms with E-state index in [2.05, 4.69) is 41.1 Å². The molecule has 2 aliphatic heterocycles. The van der Waals surface area contributed by atoms with E-state index < -0.39 is 0 Å². The summed E-state index contributed by atoms with van der Waals surface area (Å²) in [6.07, 6.45) is 2.44. The highest BCUT2D eigenvalue weighted by atomic mass is 32.1. The Kier molecular flexibility index (Phi) is 1.99. The fraction of sp³-hybridized carbons (Fsp3) is 0.125. The molecule has 0 N–H and O–H groups in total. The quantitative estimate of drug-likeness (QED) is 0.544. The van der Waals surface area contributed by atoms with Gasteiger partial charge in [-0.1, -0.05) is 23.7 Å². The summed E-state index contributed by atoms with van der Waals surface area (Å²) >= 11 is 3.80. The SMILES string of the molecule is c1cc2c3c(c1)-c1sccc1CB3Cc1ccsc1-2. The smallest absolute Gasteiger partial charge is 0.144 e. The van der Waals surface area contributed by atoms with Crippen molar-refractivity contribution >= 4 is 34.8 Å². The molecule has 0 spiro atoms. The van der Waals surface area contributed by atoms with Crippen LogP contribution < -0.4 is 5.46 Å². The lowest BCUT2D eigenvalue weighted by atomic mass is 9.34. The molecule has 0 unspecified atom stereocenters. The van der Waals surface area contributed by atoms with E-state index in [0.29, 0.717) is 6.71 Å². The van der Waals surface area contributed by atoms with Crippen LogP contribution in [-0.4, -0.2) is 6.71 Å². The molecule has 0 radical (unpaired) electrons. The first-order valence-corrected chi connectivity index (χ1v) is 8.44. The molecule has 0 saturated carbocycles. The molecule has 0 nitrogen and oxygen atoms in total. The first-order chi connectivity index (χ1) is 9.42. The van der Waals surface area contributed by atoms with Crippen LogP contribution in [0, 0.1) is 0 Å². The molecule has 0 fully saturated rings. The van der Waals surface area contributed by atoms with E-state index in [-0.39, 0.29) is 0 Å². The van der Waals surface area contributed by atoms with E-state index in [1.165, 1.54) is 33.5 Å².